The first-order chi connectivity index (χ1) is 20.2. The zero-order valence-corrected chi connectivity index (χ0v) is 24.2. The fourth-order valence-corrected chi connectivity index (χ4v) is 6.94. The number of nitrogens with zero attached hydrogens (tertiary/aromatic N) is 5. The minimum absolute atomic E-state index is 0.107. The van der Waals surface area contributed by atoms with Crippen LogP contribution in [0.3, 0.4) is 0 Å². The standard InChI is InChI=1S/C31H33B2F2N5O2/c1-38-16-23-21(9-10-27(28(23)37-38)42-20-14-39(15-20)19-6-3-2-4-7-19)18-12-25(34)24(26(35)13-18)17-40-30(41)22-8-5-11-36-29(22)31(40,32)33/h5,8-13,16,19-20H,2-4,6-7,14-15,17,32-33H2,1H3. The average molecular weight is 567 g/mol. The first-order valence-corrected chi connectivity index (χ1v) is 14.8. The largest absolute Gasteiger partial charge is 0.485 e. The van der Waals surface area contributed by atoms with E-state index in [1.807, 2.05) is 41.1 Å². The molecule has 7 rings (SSSR count). The van der Waals surface area contributed by atoms with Gasteiger partial charge in [-0.2, -0.15) is 5.10 Å². The highest BCUT2D eigenvalue weighted by Gasteiger charge is 2.44. The van der Waals surface area contributed by atoms with E-state index < -0.39 is 17.0 Å². The van der Waals surface area contributed by atoms with Crippen LogP contribution in [-0.2, 0) is 18.9 Å². The molecule has 7 nitrogen and oxygen atoms in total. The van der Waals surface area contributed by atoms with Gasteiger partial charge in [-0.05, 0) is 60.4 Å². The summed E-state index contributed by atoms with van der Waals surface area (Å²) in [6, 6.07) is 10.5. The van der Waals surface area contributed by atoms with Crippen molar-refractivity contribution in [2.45, 2.75) is 56.1 Å². The van der Waals surface area contributed by atoms with E-state index in [1.54, 1.807) is 23.0 Å². The third kappa shape index (κ3) is 4.49. The molecule has 2 aromatic heterocycles. The second-order valence-electron chi connectivity index (χ2n) is 12.4. The van der Waals surface area contributed by atoms with E-state index in [9.17, 15) is 4.79 Å². The predicted octanol–water partition coefficient (Wildman–Crippen LogP) is 3.34. The fourth-order valence-electron chi connectivity index (χ4n) is 6.94. The number of hydrogen-bond acceptors (Lipinski definition) is 5. The molecule has 0 N–H and O–H groups in total. The molecule has 1 amide bonds. The Bertz CT molecular complexity index is 1680. The highest BCUT2D eigenvalue weighted by atomic mass is 19.1. The summed E-state index contributed by atoms with van der Waals surface area (Å²) in [5, 5.41) is 4.61. The molecule has 11 heteroatoms. The molecule has 2 fully saturated rings. The van der Waals surface area contributed by atoms with Crippen LogP contribution in [0.1, 0.15) is 53.7 Å². The molecule has 0 bridgehead atoms. The summed E-state index contributed by atoms with van der Waals surface area (Å²) in [7, 11) is 5.51. The molecule has 2 aromatic carbocycles. The number of ether oxygens (including phenoxy) is 1. The summed E-state index contributed by atoms with van der Waals surface area (Å²) in [4.78, 5) is 21.5. The van der Waals surface area contributed by atoms with Gasteiger partial charge in [-0.3, -0.25) is 19.4 Å². The van der Waals surface area contributed by atoms with Crippen molar-refractivity contribution in [3.8, 4) is 16.9 Å². The van der Waals surface area contributed by atoms with Crippen molar-refractivity contribution in [3.05, 3.63) is 77.2 Å². The molecule has 42 heavy (non-hydrogen) atoms. The number of likely N-dealkylation sites (tertiary alicyclic amines) is 1. The number of rotatable bonds is 6. The molecule has 4 aromatic rings. The molecule has 0 atom stereocenters. The topological polar surface area (TPSA) is 63.5 Å². The number of carbonyl (C=O) groups excluding carboxylic acids is 1. The smallest absolute Gasteiger partial charge is 0.255 e. The van der Waals surface area contributed by atoms with E-state index in [0.29, 0.717) is 39.7 Å². The van der Waals surface area contributed by atoms with E-state index in [4.69, 9.17) is 4.74 Å². The minimum atomic E-state index is -0.795. The number of pyridine rings is 1. The zero-order valence-electron chi connectivity index (χ0n) is 24.2. The summed E-state index contributed by atoms with van der Waals surface area (Å²) < 4.78 is 39.3. The van der Waals surface area contributed by atoms with Gasteiger partial charge in [0.2, 0.25) is 0 Å². The van der Waals surface area contributed by atoms with Crippen LogP contribution in [-0.4, -0.2) is 71.4 Å². The summed E-state index contributed by atoms with van der Waals surface area (Å²) in [5.74, 6) is -1.01. The van der Waals surface area contributed by atoms with Crippen molar-refractivity contribution in [3.63, 3.8) is 0 Å². The third-order valence-corrected chi connectivity index (χ3v) is 9.32. The van der Waals surface area contributed by atoms with Gasteiger partial charge < -0.3 is 9.64 Å². The van der Waals surface area contributed by atoms with Crippen molar-refractivity contribution in [1.82, 2.24) is 24.6 Å². The molecule has 1 saturated carbocycles. The van der Waals surface area contributed by atoms with Crippen LogP contribution in [0.15, 0.2) is 48.8 Å². The van der Waals surface area contributed by atoms with Crippen LogP contribution >= 0.6 is 0 Å². The van der Waals surface area contributed by atoms with Gasteiger partial charge in [0.25, 0.3) is 5.91 Å². The van der Waals surface area contributed by atoms with Crippen LogP contribution in [0.5, 0.6) is 5.75 Å². The SMILES string of the molecule is BC1(B)c2ncccc2C(=O)N1Cc1c(F)cc(-c2ccc(OC3CN(C4CCCCC4)C3)c3nn(C)cc23)cc1F. The molecule has 1 saturated heterocycles. The molecule has 1 aliphatic carbocycles. The maximum atomic E-state index is 15.6. The summed E-state index contributed by atoms with van der Waals surface area (Å²) in [5.41, 5.74) is 2.67. The lowest BCUT2D eigenvalue weighted by molar-refractivity contribution is -0.0181. The van der Waals surface area contributed by atoms with Crippen LogP contribution in [0.25, 0.3) is 22.0 Å². The second kappa shape index (κ2) is 10.2. The van der Waals surface area contributed by atoms with E-state index >= 15 is 8.78 Å². The molecule has 214 valence electrons. The Labute approximate surface area is 245 Å². The normalized spacial score (nSPS) is 19.3. The van der Waals surface area contributed by atoms with Gasteiger partial charge in [0, 0.05) is 54.9 Å². The van der Waals surface area contributed by atoms with Gasteiger partial charge in [-0.15, -0.1) is 0 Å². The summed E-state index contributed by atoms with van der Waals surface area (Å²) in [6.07, 6.45) is 10.1. The Morgan fingerprint density at radius 1 is 1.05 bits per heavy atom. The third-order valence-electron chi connectivity index (χ3n) is 9.32. The number of hydrogen-bond donors (Lipinski definition) is 0. The number of fused-ring (bicyclic) bond motifs is 2. The monoisotopic (exact) mass is 567 g/mol. The maximum absolute atomic E-state index is 15.6. The summed E-state index contributed by atoms with van der Waals surface area (Å²) in [6.45, 7) is 1.63. The maximum Gasteiger partial charge on any atom is 0.255 e. The van der Waals surface area contributed by atoms with Crippen LogP contribution in [0.4, 0.5) is 8.78 Å². The number of amides is 1. The number of halogens is 2. The number of aryl methyl sites for hydroxylation is 1. The summed E-state index contributed by atoms with van der Waals surface area (Å²) >= 11 is 0. The molecular weight excluding hydrogens is 534 g/mol. The van der Waals surface area contributed by atoms with Crippen molar-refractivity contribution in [2.24, 2.45) is 7.05 Å². The van der Waals surface area contributed by atoms with Crippen molar-refractivity contribution >= 4 is 32.5 Å². The van der Waals surface area contributed by atoms with Crippen LogP contribution in [0.2, 0.25) is 0 Å². The van der Waals surface area contributed by atoms with Gasteiger partial charge in [-0.1, -0.05) is 19.3 Å². The van der Waals surface area contributed by atoms with Crippen molar-refractivity contribution < 1.29 is 18.3 Å². The number of benzene rings is 2. The van der Waals surface area contributed by atoms with Crippen molar-refractivity contribution in [2.75, 3.05) is 13.1 Å². The lowest BCUT2D eigenvalue weighted by Crippen LogP contribution is -2.58. The first kappa shape index (κ1) is 27.1. The van der Waals surface area contributed by atoms with E-state index in [-0.39, 0.29) is 24.1 Å². The lowest BCUT2D eigenvalue weighted by atomic mass is 9.59. The first-order valence-electron chi connectivity index (χ1n) is 14.8. The van der Waals surface area contributed by atoms with Gasteiger partial charge in [0.15, 0.2) is 0 Å². The Morgan fingerprint density at radius 2 is 1.79 bits per heavy atom. The van der Waals surface area contributed by atoms with Crippen molar-refractivity contribution in [1.29, 1.82) is 0 Å². The average Bonchev–Trinajstić information content (AvgIpc) is 3.43. The molecule has 2 aliphatic heterocycles. The van der Waals surface area contributed by atoms with Gasteiger partial charge in [0.05, 0.1) is 17.8 Å². The lowest BCUT2D eigenvalue weighted by Gasteiger charge is -2.45. The number of aromatic nitrogens is 3. The van der Waals surface area contributed by atoms with E-state index in [0.717, 1.165) is 18.5 Å². The predicted molar refractivity (Wildman–Crippen MR) is 162 cm³/mol. The van der Waals surface area contributed by atoms with E-state index in [1.165, 1.54) is 49.1 Å². The zero-order chi connectivity index (χ0) is 29.2. The molecule has 3 aliphatic rings. The molecule has 4 heterocycles. The molecule has 0 unspecified atom stereocenters. The second-order valence-corrected chi connectivity index (χ2v) is 12.4. The Morgan fingerprint density at radius 3 is 2.50 bits per heavy atom. The Balaban J connectivity index is 1.14. The highest BCUT2D eigenvalue weighted by molar-refractivity contribution is 6.42. The fraction of sp³-hybridized carbons (Fsp3) is 0.387. The Hall–Kier alpha value is -3.72. The van der Waals surface area contributed by atoms with Gasteiger partial charge in [0.1, 0.15) is 44.7 Å². The number of carbonyl (C=O) groups is 1. The van der Waals surface area contributed by atoms with Crippen LogP contribution in [0, 0.1) is 11.6 Å². The minimum Gasteiger partial charge on any atom is -0.485 e. The van der Waals surface area contributed by atoms with E-state index in [2.05, 4.69) is 15.0 Å². The van der Waals surface area contributed by atoms with Crippen LogP contribution < -0.4 is 4.74 Å². The molecule has 0 spiro atoms. The molecule has 0 radical (unpaired) electrons. The van der Waals surface area contributed by atoms with Gasteiger partial charge in [-0.25, -0.2) is 8.78 Å². The highest BCUT2D eigenvalue weighted by Crippen LogP contribution is 2.38. The molecular formula is C31H33B2F2N5O2. The Kier molecular flexibility index (Phi) is 6.60. The quantitative estimate of drug-likeness (QED) is 0.335. The van der Waals surface area contributed by atoms with Gasteiger partial charge >= 0.3 is 0 Å².